The summed E-state index contributed by atoms with van der Waals surface area (Å²) in [5, 5.41) is 8.27. The fourth-order valence-corrected chi connectivity index (χ4v) is 0.846. The summed E-state index contributed by atoms with van der Waals surface area (Å²) in [6.07, 6.45) is 1.87. The average molecular weight is 176 g/mol. The molecule has 0 saturated carbocycles. The zero-order valence-electron chi connectivity index (χ0n) is 6.81. The molecular weight excluding hydrogens is 168 g/mol. The molecule has 0 aliphatic carbocycles. The number of rotatable bonds is 3. The highest BCUT2D eigenvalue weighted by molar-refractivity contribution is 6.06. The molecule has 0 radical (unpaired) electrons. The van der Waals surface area contributed by atoms with Gasteiger partial charge in [0.05, 0.1) is 0 Å². The minimum absolute atomic E-state index is 0.303. The minimum atomic E-state index is -1.12. The lowest BCUT2D eigenvalue weighted by Gasteiger charge is -1.92. The maximum Gasteiger partial charge on any atom is 0.328 e. The molecule has 13 heavy (non-hydrogen) atoms. The summed E-state index contributed by atoms with van der Waals surface area (Å²) in [6, 6.07) is 8.50. The molecular formula is C10H8O3. The van der Waals surface area contributed by atoms with Crippen molar-refractivity contribution in [3.63, 3.8) is 0 Å². The van der Waals surface area contributed by atoms with E-state index in [4.69, 9.17) is 5.11 Å². The molecule has 0 aliphatic rings. The SMILES string of the molecule is O=C(O)/C=C\C(=O)c1ccccc1. The van der Waals surface area contributed by atoms with E-state index in [1.54, 1.807) is 30.3 Å². The second kappa shape index (κ2) is 4.21. The van der Waals surface area contributed by atoms with Crippen molar-refractivity contribution in [2.24, 2.45) is 0 Å². The molecule has 0 fully saturated rings. The molecule has 1 rings (SSSR count). The van der Waals surface area contributed by atoms with Gasteiger partial charge in [-0.1, -0.05) is 30.3 Å². The van der Waals surface area contributed by atoms with Gasteiger partial charge >= 0.3 is 5.97 Å². The Kier molecular flexibility index (Phi) is 2.97. The Balaban J connectivity index is 2.76. The first-order valence-electron chi connectivity index (χ1n) is 3.70. The van der Waals surface area contributed by atoms with Crippen LogP contribution in [-0.2, 0) is 4.79 Å². The van der Waals surface area contributed by atoms with Crippen molar-refractivity contribution >= 4 is 11.8 Å². The highest BCUT2D eigenvalue weighted by atomic mass is 16.4. The largest absolute Gasteiger partial charge is 0.478 e. The first-order chi connectivity index (χ1) is 6.20. The maximum absolute atomic E-state index is 11.2. The molecule has 3 nitrogen and oxygen atoms in total. The maximum atomic E-state index is 11.2. The van der Waals surface area contributed by atoms with Gasteiger partial charge in [-0.05, 0) is 6.08 Å². The summed E-state index contributed by atoms with van der Waals surface area (Å²) in [5.74, 6) is -1.42. The zero-order valence-corrected chi connectivity index (χ0v) is 6.81. The van der Waals surface area contributed by atoms with Gasteiger partial charge in [-0.2, -0.15) is 0 Å². The molecule has 1 aromatic carbocycles. The molecule has 66 valence electrons. The van der Waals surface area contributed by atoms with Crippen molar-refractivity contribution < 1.29 is 14.7 Å². The Morgan fingerprint density at radius 3 is 2.23 bits per heavy atom. The molecule has 0 unspecified atom stereocenters. The molecule has 0 saturated heterocycles. The predicted octanol–water partition coefficient (Wildman–Crippen LogP) is 1.51. The monoisotopic (exact) mass is 176 g/mol. The number of benzene rings is 1. The van der Waals surface area contributed by atoms with Crippen LogP contribution in [0.3, 0.4) is 0 Å². The third-order valence-corrected chi connectivity index (χ3v) is 1.44. The first kappa shape index (κ1) is 9.19. The standard InChI is InChI=1S/C10H8O3/c11-9(6-7-10(12)13)8-4-2-1-3-5-8/h1-7H,(H,12,13)/b7-6-. The molecule has 0 aliphatic heterocycles. The summed E-state index contributed by atoms with van der Waals surface area (Å²) in [4.78, 5) is 21.3. The molecule has 0 heterocycles. The Hall–Kier alpha value is -1.90. The number of hydrogen-bond donors (Lipinski definition) is 1. The zero-order chi connectivity index (χ0) is 9.68. The van der Waals surface area contributed by atoms with Crippen molar-refractivity contribution in [2.75, 3.05) is 0 Å². The quantitative estimate of drug-likeness (QED) is 0.561. The van der Waals surface area contributed by atoms with Crippen LogP contribution in [0.5, 0.6) is 0 Å². The third-order valence-electron chi connectivity index (χ3n) is 1.44. The third kappa shape index (κ3) is 2.91. The Morgan fingerprint density at radius 2 is 1.69 bits per heavy atom. The molecule has 1 N–H and O–H groups in total. The molecule has 0 atom stereocenters. The average Bonchev–Trinajstić information content (AvgIpc) is 2.15. The van der Waals surface area contributed by atoms with Crippen LogP contribution in [0.15, 0.2) is 42.5 Å². The molecule has 0 aromatic heterocycles. The van der Waals surface area contributed by atoms with Crippen LogP contribution in [0.4, 0.5) is 0 Å². The van der Waals surface area contributed by atoms with Crippen molar-refractivity contribution in [3.05, 3.63) is 48.0 Å². The second-order valence-corrected chi connectivity index (χ2v) is 2.40. The van der Waals surface area contributed by atoms with Gasteiger partial charge in [0.1, 0.15) is 0 Å². The van der Waals surface area contributed by atoms with Crippen molar-refractivity contribution in [1.82, 2.24) is 0 Å². The number of carbonyl (C=O) groups is 2. The van der Waals surface area contributed by atoms with Crippen LogP contribution >= 0.6 is 0 Å². The van der Waals surface area contributed by atoms with E-state index in [9.17, 15) is 9.59 Å². The molecule has 3 heteroatoms. The topological polar surface area (TPSA) is 54.4 Å². The van der Waals surface area contributed by atoms with Crippen LogP contribution in [0.2, 0.25) is 0 Å². The number of hydrogen-bond acceptors (Lipinski definition) is 2. The van der Waals surface area contributed by atoms with Crippen molar-refractivity contribution in [3.8, 4) is 0 Å². The van der Waals surface area contributed by atoms with Gasteiger partial charge < -0.3 is 5.11 Å². The lowest BCUT2D eigenvalue weighted by molar-refractivity contribution is -0.131. The summed E-state index contributed by atoms with van der Waals surface area (Å²) >= 11 is 0. The van der Waals surface area contributed by atoms with Gasteiger partial charge in [0.15, 0.2) is 5.78 Å². The number of ketones is 1. The Morgan fingerprint density at radius 1 is 1.08 bits per heavy atom. The Bertz CT molecular complexity index is 338. The van der Waals surface area contributed by atoms with Crippen molar-refractivity contribution in [1.29, 1.82) is 0 Å². The van der Waals surface area contributed by atoms with Gasteiger partial charge in [-0.15, -0.1) is 0 Å². The van der Waals surface area contributed by atoms with Crippen LogP contribution in [0.25, 0.3) is 0 Å². The highest BCUT2D eigenvalue weighted by Crippen LogP contribution is 2.00. The van der Waals surface area contributed by atoms with Gasteiger partial charge in [0.2, 0.25) is 0 Å². The van der Waals surface area contributed by atoms with E-state index < -0.39 is 5.97 Å². The number of carboxylic acids is 1. The number of aliphatic carboxylic acids is 1. The van der Waals surface area contributed by atoms with E-state index in [1.807, 2.05) is 0 Å². The van der Waals surface area contributed by atoms with Gasteiger partial charge in [0.25, 0.3) is 0 Å². The summed E-state index contributed by atoms with van der Waals surface area (Å²) in [7, 11) is 0. The molecule has 1 aromatic rings. The van der Waals surface area contributed by atoms with E-state index in [-0.39, 0.29) is 5.78 Å². The predicted molar refractivity (Wildman–Crippen MR) is 47.5 cm³/mol. The second-order valence-electron chi connectivity index (χ2n) is 2.40. The summed E-state index contributed by atoms with van der Waals surface area (Å²) in [6.45, 7) is 0. The van der Waals surface area contributed by atoms with Crippen LogP contribution in [0.1, 0.15) is 10.4 Å². The fraction of sp³-hybridized carbons (Fsp3) is 0. The van der Waals surface area contributed by atoms with Crippen LogP contribution in [0, 0.1) is 0 Å². The van der Waals surface area contributed by atoms with Crippen LogP contribution < -0.4 is 0 Å². The van der Waals surface area contributed by atoms with Crippen LogP contribution in [-0.4, -0.2) is 16.9 Å². The van der Waals surface area contributed by atoms with Gasteiger partial charge in [0, 0.05) is 11.6 Å². The first-order valence-corrected chi connectivity index (χ1v) is 3.70. The molecule has 0 amide bonds. The minimum Gasteiger partial charge on any atom is -0.478 e. The van der Waals surface area contributed by atoms with E-state index in [1.165, 1.54) is 0 Å². The van der Waals surface area contributed by atoms with E-state index in [2.05, 4.69) is 0 Å². The number of carboxylic acid groups (broad SMARTS) is 1. The van der Waals surface area contributed by atoms with E-state index in [0.29, 0.717) is 5.56 Å². The normalized spacial score (nSPS) is 10.2. The summed E-state index contributed by atoms with van der Waals surface area (Å²) in [5.41, 5.74) is 0.486. The summed E-state index contributed by atoms with van der Waals surface area (Å²) < 4.78 is 0. The molecule has 0 bridgehead atoms. The number of allylic oxidation sites excluding steroid dienone is 1. The number of carbonyl (C=O) groups excluding carboxylic acids is 1. The van der Waals surface area contributed by atoms with E-state index >= 15 is 0 Å². The Labute approximate surface area is 75.3 Å². The van der Waals surface area contributed by atoms with Crippen molar-refractivity contribution in [2.45, 2.75) is 0 Å². The lowest BCUT2D eigenvalue weighted by atomic mass is 10.1. The smallest absolute Gasteiger partial charge is 0.328 e. The van der Waals surface area contributed by atoms with E-state index in [0.717, 1.165) is 12.2 Å². The fourth-order valence-electron chi connectivity index (χ4n) is 0.846. The molecule has 0 spiro atoms. The lowest BCUT2D eigenvalue weighted by Crippen LogP contribution is -1.95. The van der Waals surface area contributed by atoms with Gasteiger partial charge in [-0.25, -0.2) is 4.79 Å². The van der Waals surface area contributed by atoms with Gasteiger partial charge in [-0.3, -0.25) is 4.79 Å². The highest BCUT2D eigenvalue weighted by Gasteiger charge is 1.99.